The van der Waals surface area contributed by atoms with Crippen LogP contribution in [0.3, 0.4) is 0 Å². The molecule has 114 valence electrons. The third-order valence-electron chi connectivity index (χ3n) is 2.28. The van der Waals surface area contributed by atoms with Gasteiger partial charge in [0.15, 0.2) is 0 Å². The van der Waals surface area contributed by atoms with Crippen molar-refractivity contribution < 1.29 is 8.95 Å². The molecule has 0 bridgehead atoms. The standard InChI is InChI=1S/C12H23N5O2S/c1-5-7-13-10-15-11(14-9(3)8-20(4)18)17-12(16-10)19-6-2/h9H,5-8H2,1-4H3,(H2,13,14,15,16,17). The van der Waals surface area contributed by atoms with Gasteiger partial charge in [0, 0.05) is 35.4 Å². The van der Waals surface area contributed by atoms with Crippen molar-refractivity contribution in [2.75, 3.05) is 35.8 Å². The van der Waals surface area contributed by atoms with Crippen LogP contribution in [-0.2, 0) is 10.8 Å². The Bertz CT molecular complexity index is 444. The Kier molecular flexibility index (Phi) is 7.21. The van der Waals surface area contributed by atoms with Crippen LogP contribution in [0.5, 0.6) is 6.01 Å². The summed E-state index contributed by atoms with van der Waals surface area (Å²) >= 11 is 0. The first-order chi connectivity index (χ1) is 9.55. The molecule has 1 aromatic rings. The molecular formula is C12H23N5O2S. The molecule has 0 aromatic carbocycles. The van der Waals surface area contributed by atoms with Crippen LogP contribution >= 0.6 is 0 Å². The maximum Gasteiger partial charge on any atom is 0.323 e. The van der Waals surface area contributed by atoms with E-state index in [4.69, 9.17) is 4.74 Å². The Hall–Kier alpha value is -1.44. The second kappa shape index (κ2) is 8.68. The summed E-state index contributed by atoms with van der Waals surface area (Å²) in [6, 6.07) is 0.296. The quantitative estimate of drug-likeness (QED) is 0.710. The highest BCUT2D eigenvalue weighted by Crippen LogP contribution is 2.12. The number of nitrogens with one attached hydrogen (secondary N) is 2. The third kappa shape index (κ3) is 6.14. The van der Waals surface area contributed by atoms with E-state index in [0.717, 1.165) is 13.0 Å². The Balaban J connectivity index is 2.81. The summed E-state index contributed by atoms with van der Waals surface area (Å²) in [5.74, 6) is 1.45. The molecule has 0 amide bonds. The number of nitrogens with zero attached hydrogens (tertiary/aromatic N) is 3. The topological polar surface area (TPSA) is 89.0 Å². The maximum absolute atomic E-state index is 11.2. The number of anilines is 2. The van der Waals surface area contributed by atoms with Crippen molar-refractivity contribution in [1.82, 2.24) is 15.0 Å². The van der Waals surface area contributed by atoms with Crippen molar-refractivity contribution in [1.29, 1.82) is 0 Å². The van der Waals surface area contributed by atoms with E-state index in [-0.39, 0.29) is 12.1 Å². The summed E-state index contributed by atoms with van der Waals surface area (Å²) in [6.45, 7) is 7.15. The molecule has 2 unspecified atom stereocenters. The zero-order valence-corrected chi connectivity index (χ0v) is 13.3. The highest BCUT2D eigenvalue weighted by atomic mass is 32.2. The van der Waals surface area contributed by atoms with Crippen LogP contribution in [0.2, 0.25) is 0 Å². The van der Waals surface area contributed by atoms with Crippen LogP contribution in [0, 0.1) is 0 Å². The van der Waals surface area contributed by atoms with Gasteiger partial charge in [0.2, 0.25) is 11.9 Å². The van der Waals surface area contributed by atoms with Crippen molar-refractivity contribution in [2.24, 2.45) is 0 Å². The number of hydrogen-bond acceptors (Lipinski definition) is 7. The smallest absolute Gasteiger partial charge is 0.323 e. The number of ether oxygens (including phenoxy) is 1. The minimum absolute atomic E-state index is 0.0109. The second-order valence-corrected chi connectivity index (χ2v) is 5.89. The fourth-order valence-corrected chi connectivity index (χ4v) is 2.33. The first-order valence-electron chi connectivity index (χ1n) is 6.74. The molecule has 0 aliphatic rings. The zero-order chi connectivity index (χ0) is 15.0. The van der Waals surface area contributed by atoms with Crippen molar-refractivity contribution in [3.05, 3.63) is 0 Å². The van der Waals surface area contributed by atoms with E-state index in [1.807, 2.05) is 13.8 Å². The van der Waals surface area contributed by atoms with E-state index in [1.165, 1.54) is 0 Å². The lowest BCUT2D eigenvalue weighted by atomic mass is 10.4. The molecule has 0 spiro atoms. The van der Waals surface area contributed by atoms with Crippen LogP contribution < -0.4 is 15.4 Å². The molecule has 0 aliphatic heterocycles. The van der Waals surface area contributed by atoms with Crippen LogP contribution in [0.25, 0.3) is 0 Å². The van der Waals surface area contributed by atoms with E-state index < -0.39 is 10.8 Å². The molecule has 1 heterocycles. The average molecular weight is 301 g/mol. The van der Waals surface area contributed by atoms with Gasteiger partial charge in [-0.1, -0.05) is 6.92 Å². The molecule has 0 fully saturated rings. The zero-order valence-electron chi connectivity index (χ0n) is 12.5. The van der Waals surface area contributed by atoms with Gasteiger partial charge < -0.3 is 15.4 Å². The third-order valence-corrected chi connectivity index (χ3v) is 3.25. The highest BCUT2D eigenvalue weighted by Gasteiger charge is 2.10. The molecule has 1 rings (SSSR count). The van der Waals surface area contributed by atoms with Gasteiger partial charge in [-0.2, -0.15) is 15.0 Å². The van der Waals surface area contributed by atoms with Gasteiger partial charge in [-0.05, 0) is 20.3 Å². The molecule has 0 radical (unpaired) electrons. The van der Waals surface area contributed by atoms with E-state index in [0.29, 0.717) is 24.3 Å². The molecule has 1 aromatic heterocycles. The molecule has 2 N–H and O–H groups in total. The van der Waals surface area contributed by atoms with E-state index >= 15 is 0 Å². The van der Waals surface area contributed by atoms with Gasteiger partial charge in [-0.15, -0.1) is 0 Å². The van der Waals surface area contributed by atoms with Crippen LogP contribution in [-0.4, -0.2) is 50.4 Å². The SMILES string of the molecule is CCCNc1nc(NC(C)CS(C)=O)nc(OCC)n1. The van der Waals surface area contributed by atoms with Crippen molar-refractivity contribution in [2.45, 2.75) is 33.2 Å². The summed E-state index contributed by atoms with van der Waals surface area (Å²) in [4.78, 5) is 12.6. The fraction of sp³-hybridized carbons (Fsp3) is 0.750. The van der Waals surface area contributed by atoms with Gasteiger partial charge in [0.05, 0.1) is 6.61 Å². The Labute approximate surface area is 122 Å². The first-order valence-corrected chi connectivity index (χ1v) is 8.47. The Morgan fingerprint density at radius 1 is 1.25 bits per heavy atom. The molecule has 2 atom stereocenters. The number of aromatic nitrogens is 3. The molecular weight excluding hydrogens is 278 g/mol. The van der Waals surface area contributed by atoms with Crippen LogP contribution in [0.1, 0.15) is 27.2 Å². The average Bonchev–Trinajstić information content (AvgIpc) is 2.35. The molecule has 0 saturated heterocycles. The summed E-state index contributed by atoms with van der Waals surface area (Å²) in [6.07, 6.45) is 2.65. The van der Waals surface area contributed by atoms with Crippen molar-refractivity contribution in [3.63, 3.8) is 0 Å². The molecule has 8 heteroatoms. The second-order valence-electron chi connectivity index (χ2n) is 4.41. The maximum atomic E-state index is 11.2. The van der Waals surface area contributed by atoms with E-state index in [2.05, 4.69) is 32.5 Å². The van der Waals surface area contributed by atoms with Gasteiger partial charge in [0.1, 0.15) is 0 Å². The normalized spacial score (nSPS) is 13.6. The first kappa shape index (κ1) is 16.6. The molecule has 0 aliphatic carbocycles. The lowest BCUT2D eigenvalue weighted by molar-refractivity contribution is 0.312. The van der Waals surface area contributed by atoms with E-state index in [1.54, 1.807) is 6.26 Å². The lowest BCUT2D eigenvalue weighted by Gasteiger charge is -2.14. The number of rotatable bonds is 9. The number of hydrogen-bond donors (Lipinski definition) is 2. The van der Waals surface area contributed by atoms with Crippen LogP contribution in [0.4, 0.5) is 11.9 Å². The van der Waals surface area contributed by atoms with Crippen molar-refractivity contribution >= 4 is 22.7 Å². The van der Waals surface area contributed by atoms with Gasteiger partial charge in [-0.3, -0.25) is 4.21 Å². The summed E-state index contributed by atoms with van der Waals surface area (Å²) < 4.78 is 16.5. The minimum atomic E-state index is -0.869. The predicted molar refractivity (Wildman–Crippen MR) is 81.8 cm³/mol. The largest absolute Gasteiger partial charge is 0.464 e. The highest BCUT2D eigenvalue weighted by molar-refractivity contribution is 7.84. The predicted octanol–water partition coefficient (Wildman–Crippen LogP) is 1.27. The van der Waals surface area contributed by atoms with Crippen molar-refractivity contribution in [3.8, 4) is 6.01 Å². The fourth-order valence-electron chi connectivity index (χ4n) is 1.54. The minimum Gasteiger partial charge on any atom is -0.464 e. The Morgan fingerprint density at radius 2 is 1.95 bits per heavy atom. The molecule has 20 heavy (non-hydrogen) atoms. The van der Waals surface area contributed by atoms with Gasteiger partial charge >= 0.3 is 6.01 Å². The Morgan fingerprint density at radius 3 is 2.55 bits per heavy atom. The molecule has 7 nitrogen and oxygen atoms in total. The van der Waals surface area contributed by atoms with Gasteiger partial charge in [-0.25, -0.2) is 0 Å². The monoisotopic (exact) mass is 301 g/mol. The molecule has 0 saturated carbocycles. The van der Waals surface area contributed by atoms with Crippen LogP contribution in [0.15, 0.2) is 0 Å². The van der Waals surface area contributed by atoms with E-state index in [9.17, 15) is 4.21 Å². The summed E-state index contributed by atoms with van der Waals surface area (Å²) in [7, 11) is -0.869. The lowest BCUT2D eigenvalue weighted by Crippen LogP contribution is -2.24. The summed E-state index contributed by atoms with van der Waals surface area (Å²) in [5, 5.41) is 6.22. The van der Waals surface area contributed by atoms with Gasteiger partial charge in [0.25, 0.3) is 0 Å². The summed E-state index contributed by atoms with van der Waals surface area (Å²) in [5.41, 5.74) is 0.